The SMILES string of the molecule is O=C1NC(=O)N(Cc2cccc3cc(Br)ccc23)NC1O. The van der Waals surface area contributed by atoms with E-state index in [2.05, 4.69) is 26.7 Å². The van der Waals surface area contributed by atoms with E-state index in [9.17, 15) is 14.7 Å². The molecule has 1 aliphatic rings. The Hall–Kier alpha value is -1.96. The molecule has 7 heteroatoms. The highest BCUT2D eigenvalue weighted by Crippen LogP contribution is 2.24. The van der Waals surface area contributed by atoms with Crippen LogP contribution in [0.4, 0.5) is 4.79 Å². The maximum Gasteiger partial charge on any atom is 0.338 e. The molecule has 1 saturated heterocycles. The summed E-state index contributed by atoms with van der Waals surface area (Å²) >= 11 is 3.42. The van der Waals surface area contributed by atoms with Crippen LogP contribution in [0.15, 0.2) is 40.9 Å². The normalized spacial score (nSPS) is 19.0. The molecule has 0 bridgehead atoms. The molecule has 0 aromatic heterocycles. The van der Waals surface area contributed by atoms with Gasteiger partial charge in [0.25, 0.3) is 5.91 Å². The fourth-order valence-electron chi connectivity index (χ4n) is 2.25. The van der Waals surface area contributed by atoms with Crippen molar-refractivity contribution in [2.75, 3.05) is 0 Å². The first-order valence-electron chi connectivity index (χ1n) is 6.28. The maximum atomic E-state index is 11.8. The van der Waals surface area contributed by atoms with E-state index < -0.39 is 18.2 Å². The van der Waals surface area contributed by atoms with E-state index in [0.717, 1.165) is 20.8 Å². The van der Waals surface area contributed by atoms with Gasteiger partial charge in [-0.25, -0.2) is 4.79 Å². The average molecular weight is 350 g/mol. The summed E-state index contributed by atoms with van der Waals surface area (Å²) in [5, 5.41) is 14.8. The van der Waals surface area contributed by atoms with Gasteiger partial charge in [0.1, 0.15) is 0 Å². The predicted octanol–water partition coefficient (Wildman–Crippen LogP) is 1.48. The molecule has 0 saturated carbocycles. The van der Waals surface area contributed by atoms with Crippen LogP contribution in [0, 0.1) is 0 Å². The number of urea groups is 1. The summed E-state index contributed by atoms with van der Waals surface area (Å²) in [5.74, 6) is -0.752. The second kappa shape index (κ2) is 5.44. The first-order valence-corrected chi connectivity index (χ1v) is 7.07. The Bertz CT molecular complexity index is 734. The van der Waals surface area contributed by atoms with Crippen molar-refractivity contribution in [3.8, 4) is 0 Å². The number of halogens is 1. The van der Waals surface area contributed by atoms with E-state index >= 15 is 0 Å². The Labute approximate surface area is 128 Å². The monoisotopic (exact) mass is 349 g/mol. The van der Waals surface area contributed by atoms with E-state index in [1.165, 1.54) is 5.01 Å². The molecule has 1 unspecified atom stereocenters. The van der Waals surface area contributed by atoms with Gasteiger partial charge >= 0.3 is 6.03 Å². The average Bonchev–Trinajstić information content (AvgIpc) is 2.44. The summed E-state index contributed by atoms with van der Waals surface area (Å²) in [6, 6.07) is 11.1. The van der Waals surface area contributed by atoms with Crippen molar-refractivity contribution in [2.24, 2.45) is 0 Å². The van der Waals surface area contributed by atoms with Gasteiger partial charge in [-0.1, -0.05) is 40.2 Å². The number of benzene rings is 2. The Balaban J connectivity index is 1.91. The molecule has 21 heavy (non-hydrogen) atoms. The summed E-state index contributed by atoms with van der Waals surface area (Å²) in [4.78, 5) is 22.9. The van der Waals surface area contributed by atoms with E-state index in [0.29, 0.717) is 0 Å². The number of fused-ring (bicyclic) bond motifs is 1. The maximum absolute atomic E-state index is 11.8. The molecule has 1 heterocycles. The van der Waals surface area contributed by atoms with Crippen LogP contribution in [-0.2, 0) is 11.3 Å². The number of hydrogen-bond acceptors (Lipinski definition) is 4. The molecule has 0 radical (unpaired) electrons. The summed E-state index contributed by atoms with van der Waals surface area (Å²) in [6.45, 7) is 0.231. The van der Waals surface area contributed by atoms with E-state index in [-0.39, 0.29) is 6.54 Å². The van der Waals surface area contributed by atoms with Crippen LogP contribution in [-0.4, -0.2) is 28.3 Å². The number of carbonyl (C=O) groups excluding carboxylic acids is 2. The molecule has 1 fully saturated rings. The van der Waals surface area contributed by atoms with E-state index in [1.54, 1.807) is 0 Å². The molecule has 3 amide bonds. The van der Waals surface area contributed by atoms with Crippen molar-refractivity contribution in [1.29, 1.82) is 0 Å². The number of amides is 3. The number of nitrogens with one attached hydrogen (secondary N) is 2. The van der Waals surface area contributed by atoms with Crippen LogP contribution in [0.1, 0.15) is 5.56 Å². The minimum absolute atomic E-state index is 0.231. The third kappa shape index (κ3) is 2.76. The lowest BCUT2D eigenvalue weighted by atomic mass is 10.0. The molecule has 3 rings (SSSR count). The Morgan fingerprint density at radius 3 is 2.86 bits per heavy atom. The van der Waals surface area contributed by atoms with Crippen LogP contribution < -0.4 is 10.7 Å². The molecule has 2 aromatic carbocycles. The van der Waals surface area contributed by atoms with Gasteiger partial charge in [-0.2, -0.15) is 5.43 Å². The number of hydrazine groups is 1. The minimum Gasteiger partial charge on any atom is -0.369 e. The Kier molecular flexibility index (Phi) is 3.62. The van der Waals surface area contributed by atoms with Crippen molar-refractivity contribution >= 4 is 38.6 Å². The lowest BCUT2D eigenvalue weighted by molar-refractivity contribution is -0.135. The quantitative estimate of drug-likeness (QED) is 0.766. The molecular formula is C14H12BrN3O3. The predicted molar refractivity (Wildman–Crippen MR) is 79.9 cm³/mol. The summed E-state index contributed by atoms with van der Waals surface area (Å²) < 4.78 is 0.974. The van der Waals surface area contributed by atoms with Crippen LogP contribution in [0.3, 0.4) is 0 Å². The van der Waals surface area contributed by atoms with Crippen LogP contribution in [0.25, 0.3) is 10.8 Å². The van der Waals surface area contributed by atoms with Crippen molar-refractivity contribution < 1.29 is 14.7 Å². The van der Waals surface area contributed by atoms with Crippen molar-refractivity contribution in [2.45, 2.75) is 12.8 Å². The molecule has 2 aromatic rings. The van der Waals surface area contributed by atoms with Gasteiger partial charge in [0.2, 0.25) is 6.23 Å². The molecule has 6 nitrogen and oxygen atoms in total. The second-order valence-corrected chi connectivity index (χ2v) is 5.61. The second-order valence-electron chi connectivity index (χ2n) is 4.69. The fourth-order valence-corrected chi connectivity index (χ4v) is 2.63. The highest BCUT2D eigenvalue weighted by Gasteiger charge is 2.30. The van der Waals surface area contributed by atoms with E-state index in [1.807, 2.05) is 36.4 Å². The van der Waals surface area contributed by atoms with Gasteiger partial charge in [-0.15, -0.1) is 0 Å². The number of hydrogen-bond donors (Lipinski definition) is 3. The van der Waals surface area contributed by atoms with Gasteiger partial charge in [0.15, 0.2) is 0 Å². The molecule has 3 N–H and O–H groups in total. The molecule has 0 aliphatic carbocycles. The van der Waals surface area contributed by atoms with Gasteiger partial charge in [-0.3, -0.25) is 15.1 Å². The van der Waals surface area contributed by atoms with Crippen LogP contribution in [0.2, 0.25) is 0 Å². The molecule has 0 spiro atoms. The first-order chi connectivity index (χ1) is 10.0. The lowest BCUT2D eigenvalue weighted by Gasteiger charge is -2.30. The zero-order valence-electron chi connectivity index (χ0n) is 10.8. The van der Waals surface area contributed by atoms with Crippen molar-refractivity contribution in [3.05, 3.63) is 46.4 Å². The summed E-state index contributed by atoms with van der Waals surface area (Å²) in [7, 11) is 0. The molecule has 1 aliphatic heterocycles. The molecule has 108 valence electrons. The lowest BCUT2D eigenvalue weighted by Crippen LogP contribution is -2.63. The highest BCUT2D eigenvalue weighted by molar-refractivity contribution is 9.10. The third-order valence-electron chi connectivity index (χ3n) is 3.26. The van der Waals surface area contributed by atoms with Gasteiger partial charge in [0.05, 0.1) is 6.54 Å². The largest absolute Gasteiger partial charge is 0.369 e. The first kappa shape index (κ1) is 14.0. The van der Waals surface area contributed by atoms with Gasteiger partial charge in [0, 0.05) is 4.47 Å². The minimum atomic E-state index is -1.42. The van der Waals surface area contributed by atoms with Crippen molar-refractivity contribution in [3.63, 3.8) is 0 Å². The van der Waals surface area contributed by atoms with Crippen LogP contribution in [0.5, 0.6) is 0 Å². The number of imide groups is 1. The smallest absolute Gasteiger partial charge is 0.338 e. The fraction of sp³-hybridized carbons (Fsp3) is 0.143. The van der Waals surface area contributed by atoms with E-state index in [4.69, 9.17) is 0 Å². The number of rotatable bonds is 2. The Morgan fingerprint density at radius 1 is 1.24 bits per heavy atom. The van der Waals surface area contributed by atoms with Gasteiger partial charge in [-0.05, 0) is 28.5 Å². The zero-order chi connectivity index (χ0) is 15.0. The zero-order valence-corrected chi connectivity index (χ0v) is 12.4. The highest BCUT2D eigenvalue weighted by atomic mass is 79.9. The summed E-state index contributed by atoms with van der Waals surface area (Å²) in [6.07, 6.45) is -1.42. The topological polar surface area (TPSA) is 81.7 Å². The third-order valence-corrected chi connectivity index (χ3v) is 3.76. The van der Waals surface area contributed by atoms with Crippen LogP contribution >= 0.6 is 15.9 Å². The number of carbonyl (C=O) groups is 2. The summed E-state index contributed by atoms with van der Waals surface area (Å²) in [5.41, 5.74) is 3.37. The molecule has 1 atom stereocenters. The number of aliphatic hydroxyl groups excluding tert-OH is 1. The standard InChI is InChI=1S/C14H12BrN3O3/c15-10-4-5-11-8(6-10)2-1-3-9(11)7-18-14(21)16-12(19)13(20)17-18/h1-6,13,17,20H,7H2,(H,16,19,21). The van der Waals surface area contributed by atoms with Crippen molar-refractivity contribution in [1.82, 2.24) is 15.8 Å². The molecular weight excluding hydrogens is 338 g/mol. The van der Waals surface area contributed by atoms with Gasteiger partial charge < -0.3 is 5.11 Å². The number of aliphatic hydroxyl groups is 1. The number of nitrogens with zero attached hydrogens (tertiary/aromatic N) is 1. The Morgan fingerprint density at radius 2 is 2.05 bits per heavy atom.